The number of nitrogen functional groups attached to an aromatic ring is 2. The van der Waals surface area contributed by atoms with Crippen molar-refractivity contribution < 1.29 is 88.4 Å². The molecule has 6 heterocycles. The Morgan fingerprint density at radius 2 is 1.37 bits per heavy atom. The number of nitrogens with zero attached hydrogens (tertiary/aromatic N) is 9. The summed E-state index contributed by atoms with van der Waals surface area (Å²) in [5.74, 6) is -5.82. The number of thioether (sulfide) groups is 4. The molecule has 4 unspecified atom stereocenters. The van der Waals surface area contributed by atoms with Gasteiger partial charge in [0.2, 0.25) is 5.12 Å². The number of oxime groups is 2. The van der Waals surface area contributed by atoms with E-state index in [-0.39, 0.29) is 96.4 Å². The summed E-state index contributed by atoms with van der Waals surface area (Å²) in [5.41, 5.74) is 18.0. The predicted molar refractivity (Wildman–Crippen MR) is 307 cm³/mol. The van der Waals surface area contributed by atoms with Crippen molar-refractivity contribution in [1.82, 2.24) is 39.4 Å². The molecule has 430 valence electrons. The van der Waals surface area contributed by atoms with Gasteiger partial charge in [0.25, 0.3) is 5.91 Å². The Balaban J connectivity index is 0.000000185. The maximum absolute atomic E-state index is 13.0. The summed E-state index contributed by atoms with van der Waals surface area (Å²) in [7, 11) is 5.85. The predicted octanol–water partition coefficient (Wildman–Crippen LogP) is -1.58. The Morgan fingerprint density at radius 3 is 1.92 bits per heavy atom. The SMILES string of the molecule is CO/N=C(\C(=O)N[C@@H]1C(=O)C2C(C(=O)[O-])=C(CSc3nc(=O)c(O)cn3C)CS[C@@H]21)c1csc(N)n1.CO/N=C(\C(=O)Sc1nc2ccccc2s1)c1csc(N)n1.Cn1cc(O)c(=O)nc1SCC1=C(C(=O)O)C2C(=O)C(N)C2CC1.[Na+]. The van der Waals surface area contributed by atoms with Gasteiger partial charge in [0.15, 0.2) is 59.4 Å². The maximum Gasteiger partial charge on any atom is 1.00 e. The van der Waals surface area contributed by atoms with E-state index in [2.05, 4.69) is 40.5 Å². The Labute approximate surface area is 520 Å². The Morgan fingerprint density at radius 1 is 0.807 bits per heavy atom. The van der Waals surface area contributed by atoms with Gasteiger partial charge in [-0.3, -0.25) is 28.8 Å². The number of aromatic hydroxyl groups is 2. The molecule has 10 rings (SSSR count). The van der Waals surface area contributed by atoms with Crippen LogP contribution >= 0.6 is 81.1 Å². The number of carbonyl (C=O) groups excluding carboxylic acids is 5. The van der Waals surface area contributed by atoms with Crippen LogP contribution < -0.4 is 68.3 Å². The van der Waals surface area contributed by atoms with E-state index < -0.39 is 75.4 Å². The van der Waals surface area contributed by atoms with Gasteiger partial charge in [0, 0.05) is 52.9 Å². The van der Waals surface area contributed by atoms with Crippen molar-refractivity contribution in [3.63, 3.8) is 0 Å². The van der Waals surface area contributed by atoms with E-state index in [0.717, 1.165) is 45.1 Å². The molecule has 0 spiro atoms. The number of thiazole rings is 3. The quantitative estimate of drug-likeness (QED) is 0.0189. The molecule has 5 aromatic heterocycles. The molecule has 83 heavy (non-hydrogen) atoms. The number of nitrogens with one attached hydrogen (secondary N) is 1. The Kier molecular flexibility index (Phi) is 21.6. The van der Waals surface area contributed by atoms with Gasteiger partial charge in [-0.2, -0.15) is 21.7 Å². The summed E-state index contributed by atoms with van der Waals surface area (Å²) in [6.45, 7) is 0. The number of hydrogen-bond acceptors (Lipinski definition) is 30. The summed E-state index contributed by atoms with van der Waals surface area (Å²) in [4.78, 5) is 126. The first-order valence-electron chi connectivity index (χ1n) is 23.8. The number of fused-ring (bicyclic) bond motifs is 3. The van der Waals surface area contributed by atoms with Crippen molar-refractivity contribution >= 4 is 147 Å². The number of benzene rings is 1. The van der Waals surface area contributed by atoms with E-state index in [0.29, 0.717) is 50.1 Å². The zero-order chi connectivity index (χ0) is 59.3. The van der Waals surface area contributed by atoms with Gasteiger partial charge in [0.05, 0.1) is 46.5 Å². The fourth-order valence-electron chi connectivity index (χ4n) is 8.88. The number of Topliss-reactive ketones (excluding diaryl/α,β-unsaturated/α-hetero) is 2. The summed E-state index contributed by atoms with van der Waals surface area (Å²) in [6.07, 6.45) is 3.71. The number of aromatic nitrogens is 7. The molecule has 0 bridgehead atoms. The topological polar surface area (TPSA) is 428 Å². The Bertz CT molecular complexity index is 3770. The van der Waals surface area contributed by atoms with E-state index in [1.807, 2.05) is 24.3 Å². The number of carboxylic acid groups (broad SMARTS) is 2. The molecule has 35 heteroatoms. The second-order valence-corrected chi connectivity index (χ2v) is 24.9. The van der Waals surface area contributed by atoms with Crippen molar-refractivity contribution in [2.45, 2.75) is 44.8 Å². The summed E-state index contributed by atoms with van der Waals surface area (Å²) in [5, 5.41) is 54.0. The standard InChI is InChI=1S/C20H20N6O7S3.C15H17N3O5S.C13H10N4O2S3.Na/c1-26-3-9(27)16(29)24-20(26)36-5-7-4-34-15-11(10(7)18(31)32)14(28)13(15)23-17(30)12(25-33-2)8-6-35-19(21)22-8;1-18-4-8(19)13(21)17-15(18)24-5-6-2-3-7-10(9(6)14(22)23)12(20)11(7)16;1-19-17-10(8-6-20-12(14)15-8)11(18)22-13-16-7-4-2-3-5-9(7)21-13;/h3,6,11,13,15,27H,4-5H2,1-2H3,(H2,21,22)(H,23,30)(H,31,32);4,7,10-11,19H,2-3,5,16H2,1H3,(H,22,23);2-6H,1H3,(H2,14,15);/q;;;+1/p-1/b25-12-;;17-10-;/t11?,13-,15+;;;/m1.../s1. The first kappa shape index (κ1) is 64.1. The molecular weight excluding hydrogens is 1230 g/mol. The molecule has 2 saturated carbocycles. The van der Waals surface area contributed by atoms with Crippen molar-refractivity contribution in [2.75, 3.05) is 42.9 Å². The molecular formula is C48H46N13NaO14S7. The second-order valence-electron chi connectivity index (χ2n) is 17.8. The summed E-state index contributed by atoms with van der Waals surface area (Å²) >= 11 is 8.44. The van der Waals surface area contributed by atoms with Crippen LogP contribution in [0.1, 0.15) is 24.2 Å². The first-order chi connectivity index (χ1) is 39.1. The third-order valence-electron chi connectivity index (χ3n) is 12.7. The molecule has 27 nitrogen and oxygen atoms in total. The number of ketones is 2. The molecule has 1 aromatic carbocycles. The molecule has 0 saturated heterocycles. The number of aryl methyl sites for hydroxylation is 2. The average molecular weight is 1280 g/mol. The molecule has 1 amide bonds. The van der Waals surface area contributed by atoms with Gasteiger partial charge >= 0.3 is 46.6 Å². The van der Waals surface area contributed by atoms with Crippen LogP contribution in [0.15, 0.2) is 104 Å². The minimum absolute atomic E-state index is 0. The van der Waals surface area contributed by atoms with Gasteiger partial charge in [-0.05, 0) is 59.4 Å². The smallest absolute Gasteiger partial charge is 0.545 e. The third-order valence-corrected chi connectivity index (χ3v) is 19.7. The van der Waals surface area contributed by atoms with Crippen molar-refractivity contribution in [2.24, 2.45) is 47.9 Å². The first-order valence-corrected chi connectivity index (χ1v) is 30.2. The number of carbonyl (C=O) groups is 6. The molecule has 2 fully saturated rings. The molecule has 1 aliphatic heterocycles. The fourth-order valence-corrected chi connectivity index (χ4v) is 15.5. The van der Waals surface area contributed by atoms with Crippen LogP contribution in [0.4, 0.5) is 10.3 Å². The maximum atomic E-state index is 13.0. The van der Waals surface area contributed by atoms with Gasteiger partial charge in [-0.25, -0.2) is 19.7 Å². The molecule has 10 N–H and O–H groups in total. The molecule has 4 aliphatic rings. The van der Waals surface area contributed by atoms with Crippen LogP contribution in [0.25, 0.3) is 10.2 Å². The molecule has 0 radical (unpaired) electrons. The monoisotopic (exact) mass is 1280 g/mol. The third kappa shape index (κ3) is 14.4. The van der Waals surface area contributed by atoms with Crippen LogP contribution in [0.3, 0.4) is 0 Å². The fraction of sp³-hybridized carbons (Fsp3) is 0.312. The van der Waals surface area contributed by atoms with Crippen LogP contribution in [0, 0.1) is 17.8 Å². The summed E-state index contributed by atoms with van der Waals surface area (Å²) in [6, 6.07) is 6.23. The Hall–Kier alpha value is -6.47. The van der Waals surface area contributed by atoms with Crippen LogP contribution in [-0.2, 0) is 52.5 Å². The van der Waals surface area contributed by atoms with E-state index in [1.54, 1.807) is 19.5 Å². The van der Waals surface area contributed by atoms with Gasteiger partial charge in [-0.1, -0.05) is 46.0 Å². The zero-order valence-electron chi connectivity index (χ0n) is 44.1. The van der Waals surface area contributed by atoms with E-state index >= 15 is 0 Å². The zero-order valence-corrected chi connectivity index (χ0v) is 51.8. The number of rotatable bonds is 16. The number of amides is 1. The van der Waals surface area contributed by atoms with Gasteiger partial charge in [-0.15, -0.1) is 34.0 Å². The normalized spacial score (nSPS) is 20.0. The molecule has 6 atom stereocenters. The van der Waals surface area contributed by atoms with Crippen molar-refractivity contribution in [3.8, 4) is 11.5 Å². The minimum atomic E-state index is -1.47. The van der Waals surface area contributed by atoms with Gasteiger partial charge in [0.1, 0.15) is 31.6 Å². The minimum Gasteiger partial charge on any atom is -0.545 e. The number of nitrogens with two attached hydrogens (primary N) is 3. The number of aliphatic carboxylic acids is 2. The van der Waals surface area contributed by atoms with Crippen LogP contribution in [0.5, 0.6) is 11.5 Å². The van der Waals surface area contributed by atoms with Crippen LogP contribution in [-0.4, -0.2) is 144 Å². The van der Waals surface area contributed by atoms with Gasteiger partial charge < -0.3 is 66.5 Å². The van der Waals surface area contributed by atoms with E-state index in [4.69, 9.17) is 26.9 Å². The molecule has 3 aliphatic carbocycles. The van der Waals surface area contributed by atoms with E-state index in [1.165, 1.54) is 87.3 Å². The average Bonchev–Trinajstić information content (AvgIpc) is 2.95. The summed E-state index contributed by atoms with van der Waals surface area (Å²) < 4.78 is 4.62. The second kappa shape index (κ2) is 27.9. The van der Waals surface area contributed by atoms with Crippen LogP contribution in [0.2, 0.25) is 0 Å². The largest absolute Gasteiger partial charge is 1.00 e. The number of anilines is 2. The number of carboxylic acids is 2. The van der Waals surface area contributed by atoms with Crippen molar-refractivity contribution in [1.29, 1.82) is 0 Å². The van der Waals surface area contributed by atoms with Crippen molar-refractivity contribution in [3.05, 3.63) is 102 Å². The van der Waals surface area contributed by atoms with E-state index in [9.17, 15) is 58.8 Å². The number of para-hydroxylation sites is 1. The number of hydrogen-bond donors (Lipinski definition) is 7. The molecule has 6 aromatic rings.